The number of benzene rings is 2. The predicted octanol–water partition coefficient (Wildman–Crippen LogP) is 4.49. The second-order valence-corrected chi connectivity index (χ2v) is 7.86. The number of ether oxygens (including phenoxy) is 2. The van der Waals surface area contributed by atoms with Gasteiger partial charge < -0.3 is 19.2 Å². The summed E-state index contributed by atoms with van der Waals surface area (Å²) in [6.45, 7) is 5.81. The molecule has 0 aliphatic carbocycles. The van der Waals surface area contributed by atoms with Gasteiger partial charge in [0.05, 0.1) is 19.5 Å². The molecule has 7 nitrogen and oxygen atoms in total. The molecule has 0 fully saturated rings. The SMILES string of the molecule is COc1ccc(NC(=O)[C@H](C)Sc2nnc(-c3cc(C)cc(C)c3)o2)cc1OC. The van der Waals surface area contributed by atoms with E-state index in [1.165, 1.54) is 11.8 Å². The van der Waals surface area contributed by atoms with E-state index >= 15 is 0 Å². The maximum Gasteiger partial charge on any atom is 0.277 e. The Morgan fingerprint density at radius 3 is 2.38 bits per heavy atom. The third-order valence-corrected chi connectivity index (χ3v) is 5.11. The number of methoxy groups -OCH3 is 2. The average molecular weight is 413 g/mol. The fourth-order valence-electron chi connectivity index (χ4n) is 2.83. The molecule has 0 aliphatic rings. The molecule has 0 spiro atoms. The van der Waals surface area contributed by atoms with Crippen molar-refractivity contribution in [2.24, 2.45) is 0 Å². The highest BCUT2D eigenvalue weighted by Crippen LogP contribution is 2.31. The number of carbonyl (C=O) groups is 1. The number of nitrogens with one attached hydrogen (secondary N) is 1. The molecule has 152 valence electrons. The van der Waals surface area contributed by atoms with Gasteiger partial charge in [-0.05, 0) is 45.0 Å². The van der Waals surface area contributed by atoms with Crippen molar-refractivity contribution >= 4 is 23.4 Å². The molecule has 0 unspecified atom stereocenters. The Morgan fingerprint density at radius 2 is 1.72 bits per heavy atom. The summed E-state index contributed by atoms with van der Waals surface area (Å²) >= 11 is 1.20. The van der Waals surface area contributed by atoms with Crippen molar-refractivity contribution < 1.29 is 18.7 Å². The molecule has 0 saturated heterocycles. The van der Waals surface area contributed by atoms with E-state index < -0.39 is 5.25 Å². The van der Waals surface area contributed by atoms with Crippen LogP contribution in [0.15, 0.2) is 46.0 Å². The molecular weight excluding hydrogens is 390 g/mol. The molecule has 0 bridgehead atoms. The Hall–Kier alpha value is -3.00. The zero-order valence-electron chi connectivity index (χ0n) is 17.0. The van der Waals surface area contributed by atoms with Crippen LogP contribution in [0.2, 0.25) is 0 Å². The van der Waals surface area contributed by atoms with E-state index in [1.54, 1.807) is 39.3 Å². The van der Waals surface area contributed by atoms with Gasteiger partial charge in [0.25, 0.3) is 5.22 Å². The lowest BCUT2D eigenvalue weighted by molar-refractivity contribution is -0.115. The summed E-state index contributed by atoms with van der Waals surface area (Å²) in [6.07, 6.45) is 0. The van der Waals surface area contributed by atoms with Gasteiger partial charge in [0.2, 0.25) is 11.8 Å². The lowest BCUT2D eigenvalue weighted by Gasteiger charge is -2.12. The van der Waals surface area contributed by atoms with Gasteiger partial charge in [0.15, 0.2) is 11.5 Å². The van der Waals surface area contributed by atoms with Crippen molar-refractivity contribution in [3.8, 4) is 23.0 Å². The van der Waals surface area contributed by atoms with Crippen molar-refractivity contribution in [1.29, 1.82) is 0 Å². The summed E-state index contributed by atoms with van der Waals surface area (Å²) in [5.74, 6) is 1.39. The lowest BCUT2D eigenvalue weighted by Crippen LogP contribution is -2.22. The molecular formula is C21H23N3O4S. The third kappa shape index (κ3) is 5.08. The number of hydrogen-bond acceptors (Lipinski definition) is 7. The van der Waals surface area contributed by atoms with Crippen molar-refractivity contribution in [2.45, 2.75) is 31.2 Å². The first-order valence-corrected chi connectivity index (χ1v) is 9.89. The summed E-state index contributed by atoms with van der Waals surface area (Å²) < 4.78 is 16.2. The minimum atomic E-state index is -0.435. The van der Waals surface area contributed by atoms with Crippen molar-refractivity contribution in [2.75, 3.05) is 19.5 Å². The number of rotatable bonds is 7. The largest absolute Gasteiger partial charge is 0.493 e. The van der Waals surface area contributed by atoms with Crippen LogP contribution in [0.1, 0.15) is 18.1 Å². The van der Waals surface area contributed by atoms with Crippen LogP contribution in [0.3, 0.4) is 0 Å². The molecule has 1 heterocycles. The molecule has 1 amide bonds. The molecule has 3 aromatic rings. The van der Waals surface area contributed by atoms with E-state index in [2.05, 4.69) is 21.6 Å². The van der Waals surface area contributed by atoms with E-state index in [0.29, 0.717) is 28.3 Å². The second kappa shape index (κ2) is 9.00. The maximum absolute atomic E-state index is 12.5. The number of aryl methyl sites for hydroxylation is 2. The topological polar surface area (TPSA) is 86.5 Å². The van der Waals surface area contributed by atoms with Crippen LogP contribution >= 0.6 is 11.8 Å². The molecule has 0 saturated carbocycles. The summed E-state index contributed by atoms with van der Waals surface area (Å²) in [5, 5.41) is 10.9. The van der Waals surface area contributed by atoms with Crippen LogP contribution in [0, 0.1) is 13.8 Å². The van der Waals surface area contributed by atoms with Gasteiger partial charge in [0.1, 0.15) is 0 Å². The summed E-state index contributed by atoms with van der Waals surface area (Å²) in [5.41, 5.74) is 3.72. The van der Waals surface area contributed by atoms with Crippen molar-refractivity contribution in [1.82, 2.24) is 10.2 Å². The molecule has 1 N–H and O–H groups in total. The average Bonchev–Trinajstić information content (AvgIpc) is 3.15. The molecule has 2 aromatic carbocycles. The summed E-state index contributed by atoms with van der Waals surface area (Å²) in [6, 6.07) is 11.3. The van der Waals surface area contributed by atoms with Crippen LogP contribution in [0.4, 0.5) is 5.69 Å². The van der Waals surface area contributed by atoms with Crippen molar-refractivity contribution in [3.05, 3.63) is 47.5 Å². The second-order valence-electron chi connectivity index (χ2n) is 6.57. The Labute approximate surface area is 173 Å². The first kappa shape index (κ1) is 20.7. The van der Waals surface area contributed by atoms with Crippen molar-refractivity contribution in [3.63, 3.8) is 0 Å². The first-order valence-electron chi connectivity index (χ1n) is 9.01. The molecule has 8 heteroatoms. The Balaban J connectivity index is 1.66. The first-order chi connectivity index (χ1) is 13.9. The number of carbonyl (C=O) groups excluding carboxylic acids is 1. The van der Waals surface area contributed by atoms with Gasteiger partial charge in [-0.15, -0.1) is 10.2 Å². The Kier molecular flexibility index (Phi) is 6.43. The van der Waals surface area contributed by atoms with Gasteiger partial charge in [-0.2, -0.15) is 0 Å². The smallest absolute Gasteiger partial charge is 0.277 e. The van der Waals surface area contributed by atoms with Crippen LogP contribution in [0.5, 0.6) is 11.5 Å². The number of nitrogens with zero attached hydrogens (tertiary/aromatic N) is 2. The van der Waals surface area contributed by atoms with Gasteiger partial charge in [-0.25, -0.2) is 0 Å². The van der Waals surface area contributed by atoms with E-state index in [1.807, 2.05) is 26.0 Å². The maximum atomic E-state index is 12.5. The number of aromatic nitrogens is 2. The zero-order valence-corrected chi connectivity index (χ0v) is 17.8. The predicted molar refractivity (Wildman–Crippen MR) is 113 cm³/mol. The van der Waals surface area contributed by atoms with Gasteiger partial charge >= 0.3 is 0 Å². The zero-order chi connectivity index (χ0) is 21.0. The number of hydrogen-bond donors (Lipinski definition) is 1. The third-order valence-electron chi connectivity index (χ3n) is 4.17. The normalized spacial score (nSPS) is 11.8. The van der Waals surface area contributed by atoms with E-state index in [0.717, 1.165) is 16.7 Å². The molecule has 0 radical (unpaired) electrons. The molecule has 0 aliphatic heterocycles. The monoisotopic (exact) mass is 413 g/mol. The van der Waals surface area contributed by atoms with Crippen LogP contribution in [-0.4, -0.2) is 35.6 Å². The standard InChI is InChI=1S/C21H23N3O4S/c1-12-8-13(2)10-15(9-12)20-23-24-21(28-20)29-14(3)19(25)22-16-6-7-17(26-4)18(11-16)27-5/h6-11,14H,1-5H3,(H,22,25)/t14-/m0/s1. The molecule has 3 rings (SSSR count). The Bertz CT molecular complexity index is 999. The lowest BCUT2D eigenvalue weighted by atomic mass is 10.1. The van der Waals surface area contributed by atoms with Gasteiger partial charge in [-0.3, -0.25) is 4.79 Å². The summed E-state index contributed by atoms with van der Waals surface area (Å²) in [4.78, 5) is 12.5. The van der Waals surface area contributed by atoms with E-state index in [9.17, 15) is 4.79 Å². The fourth-order valence-corrected chi connectivity index (χ4v) is 3.52. The quantitative estimate of drug-likeness (QED) is 0.571. The van der Waals surface area contributed by atoms with Crippen LogP contribution in [0.25, 0.3) is 11.5 Å². The van der Waals surface area contributed by atoms with Crippen LogP contribution < -0.4 is 14.8 Å². The Morgan fingerprint density at radius 1 is 1.03 bits per heavy atom. The minimum absolute atomic E-state index is 0.187. The molecule has 29 heavy (non-hydrogen) atoms. The highest BCUT2D eigenvalue weighted by atomic mass is 32.2. The summed E-state index contributed by atoms with van der Waals surface area (Å²) in [7, 11) is 3.11. The number of thioether (sulfide) groups is 1. The number of anilines is 1. The molecule has 1 atom stereocenters. The van der Waals surface area contributed by atoms with E-state index in [4.69, 9.17) is 13.9 Å². The minimum Gasteiger partial charge on any atom is -0.493 e. The van der Waals surface area contributed by atoms with Crippen LogP contribution in [-0.2, 0) is 4.79 Å². The van der Waals surface area contributed by atoms with E-state index in [-0.39, 0.29) is 5.91 Å². The highest BCUT2D eigenvalue weighted by molar-refractivity contribution is 8.00. The highest BCUT2D eigenvalue weighted by Gasteiger charge is 2.19. The molecule has 1 aromatic heterocycles. The van der Waals surface area contributed by atoms with Gasteiger partial charge in [0, 0.05) is 17.3 Å². The number of amides is 1. The fraction of sp³-hybridized carbons (Fsp3) is 0.286. The van der Waals surface area contributed by atoms with Gasteiger partial charge in [-0.1, -0.05) is 29.0 Å².